The molecule has 0 saturated heterocycles. The number of aromatic amines is 1. The smallest absolute Gasteiger partial charge is 0.343 e. The van der Waals surface area contributed by atoms with Gasteiger partial charge in [0.05, 0.1) is 12.7 Å². The normalized spacial score (nSPS) is 16.7. The summed E-state index contributed by atoms with van der Waals surface area (Å²) in [7, 11) is 1.19. The molecule has 1 aromatic heterocycles. The Hall–Kier alpha value is -2.31. The summed E-state index contributed by atoms with van der Waals surface area (Å²) in [6, 6.07) is 0. The van der Waals surface area contributed by atoms with Gasteiger partial charge in [0, 0.05) is 18.5 Å². The number of aromatic hydroxyl groups is 1. The lowest BCUT2D eigenvalue weighted by atomic mass is 9.75. The average Bonchev–Trinajstić information content (AvgIpc) is 2.54. The van der Waals surface area contributed by atoms with Crippen molar-refractivity contribution in [3.05, 3.63) is 27.7 Å². The minimum atomic E-state index is -0.749. The minimum absolute atomic E-state index is 0.0358. The number of pyridine rings is 1. The summed E-state index contributed by atoms with van der Waals surface area (Å²) in [5, 5.41) is 10.4. The number of rotatable bonds is 5. The molecule has 0 bridgehead atoms. The van der Waals surface area contributed by atoms with Crippen LogP contribution in [-0.2, 0) is 9.53 Å². The van der Waals surface area contributed by atoms with Crippen molar-refractivity contribution < 1.29 is 19.4 Å². The van der Waals surface area contributed by atoms with Crippen LogP contribution in [0.3, 0.4) is 0 Å². The van der Waals surface area contributed by atoms with Crippen LogP contribution < -0.4 is 11.3 Å². The average molecular weight is 322 g/mol. The number of H-pyrrole nitrogens is 1. The fourth-order valence-corrected chi connectivity index (χ4v) is 3.40. The van der Waals surface area contributed by atoms with Crippen molar-refractivity contribution in [1.29, 1.82) is 0 Å². The molecule has 1 heterocycles. The van der Waals surface area contributed by atoms with Crippen LogP contribution in [-0.4, -0.2) is 29.1 Å². The summed E-state index contributed by atoms with van der Waals surface area (Å²) in [5.41, 5.74) is 4.77. The van der Waals surface area contributed by atoms with Gasteiger partial charge in [-0.1, -0.05) is 19.3 Å². The van der Waals surface area contributed by atoms with E-state index in [1.54, 1.807) is 0 Å². The summed E-state index contributed by atoms with van der Waals surface area (Å²) in [5.74, 6) is -2.13. The van der Waals surface area contributed by atoms with E-state index in [0.717, 1.165) is 38.3 Å². The van der Waals surface area contributed by atoms with Crippen LogP contribution in [0.25, 0.3) is 0 Å². The third kappa shape index (κ3) is 3.72. The molecule has 7 heteroatoms. The standard InChI is InChI=1S/C16H22N2O5/c1-23-16(22)11-8-18-15(21)13(14(11)20)10(7-12(17)19)9-5-3-2-4-6-9/h8-10H,2-7H2,1H3,(H2,17,19)(H2,18,20,21). The lowest BCUT2D eigenvalue weighted by Gasteiger charge is -2.30. The largest absolute Gasteiger partial charge is 0.506 e. The molecular weight excluding hydrogens is 300 g/mol. The molecule has 0 radical (unpaired) electrons. The van der Waals surface area contributed by atoms with Crippen molar-refractivity contribution in [2.24, 2.45) is 11.7 Å². The summed E-state index contributed by atoms with van der Waals surface area (Å²) in [6.45, 7) is 0. The van der Waals surface area contributed by atoms with Crippen molar-refractivity contribution >= 4 is 11.9 Å². The van der Waals surface area contributed by atoms with Crippen LogP contribution in [0.1, 0.15) is 60.4 Å². The molecule has 1 amide bonds. The Bertz CT molecular complexity index is 646. The van der Waals surface area contributed by atoms with Crippen LogP contribution in [0.2, 0.25) is 0 Å². The van der Waals surface area contributed by atoms with E-state index in [2.05, 4.69) is 9.72 Å². The van der Waals surface area contributed by atoms with E-state index in [-0.39, 0.29) is 23.5 Å². The van der Waals surface area contributed by atoms with Gasteiger partial charge in [-0.25, -0.2) is 4.79 Å². The number of esters is 1. The summed E-state index contributed by atoms with van der Waals surface area (Å²) >= 11 is 0. The second-order valence-electron chi connectivity index (χ2n) is 5.96. The molecule has 126 valence electrons. The number of hydrogen-bond acceptors (Lipinski definition) is 5. The molecule has 4 N–H and O–H groups in total. The number of primary amides is 1. The highest BCUT2D eigenvalue weighted by atomic mass is 16.5. The lowest BCUT2D eigenvalue weighted by Crippen LogP contribution is -2.28. The van der Waals surface area contributed by atoms with Crippen molar-refractivity contribution in [3.8, 4) is 5.75 Å². The SMILES string of the molecule is COC(=O)c1c[nH]c(=O)c(C(CC(N)=O)C2CCCCC2)c1O. The highest BCUT2D eigenvalue weighted by Crippen LogP contribution is 2.40. The molecule has 2 rings (SSSR count). The van der Waals surface area contributed by atoms with E-state index in [9.17, 15) is 19.5 Å². The summed E-state index contributed by atoms with van der Waals surface area (Å²) in [6.07, 6.45) is 5.94. The number of nitrogens with one attached hydrogen (secondary N) is 1. The molecule has 1 fully saturated rings. The van der Waals surface area contributed by atoms with Gasteiger partial charge in [0.2, 0.25) is 5.91 Å². The first-order chi connectivity index (χ1) is 11.0. The maximum absolute atomic E-state index is 12.2. The van der Waals surface area contributed by atoms with Gasteiger partial charge in [-0.3, -0.25) is 9.59 Å². The summed E-state index contributed by atoms with van der Waals surface area (Å²) in [4.78, 5) is 37.9. The number of methoxy groups -OCH3 is 1. The molecule has 1 aromatic rings. The van der Waals surface area contributed by atoms with Crippen LogP contribution in [0.5, 0.6) is 5.75 Å². The third-order valence-corrected chi connectivity index (χ3v) is 4.52. The number of nitrogens with two attached hydrogens (primary N) is 1. The topological polar surface area (TPSA) is 122 Å². The molecular formula is C16H22N2O5. The van der Waals surface area contributed by atoms with Gasteiger partial charge in [0.1, 0.15) is 11.3 Å². The molecule has 0 aromatic carbocycles. The van der Waals surface area contributed by atoms with Gasteiger partial charge in [-0.15, -0.1) is 0 Å². The van der Waals surface area contributed by atoms with Gasteiger partial charge in [-0.05, 0) is 18.8 Å². The number of carbonyl (C=O) groups excluding carboxylic acids is 2. The van der Waals surface area contributed by atoms with Gasteiger partial charge in [-0.2, -0.15) is 0 Å². The van der Waals surface area contributed by atoms with Crippen molar-refractivity contribution in [2.75, 3.05) is 7.11 Å². The molecule has 1 atom stereocenters. The van der Waals surface area contributed by atoms with E-state index in [1.807, 2.05) is 0 Å². The monoisotopic (exact) mass is 322 g/mol. The van der Waals surface area contributed by atoms with Crippen molar-refractivity contribution in [1.82, 2.24) is 4.98 Å². The predicted molar refractivity (Wildman–Crippen MR) is 83.2 cm³/mol. The predicted octanol–water partition coefficient (Wildman–Crippen LogP) is 1.41. The third-order valence-electron chi connectivity index (χ3n) is 4.52. The van der Waals surface area contributed by atoms with E-state index >= 15 is 0 Å². The van der Waals surface area contributed by atoms with Gasteiger partial charge in [0.25, 0.3) is 5.56 Å². The number of hydrogen-bond donors (Lipinski definition) is 3. The molecule has 0 spiro atoms. The second kappa shape index (κ2) is 7.30. The molecule has 1 aliphatic rings. The van der Waals surface area contributed by atoms with Crippen LogP contribution >= 0.6 is 0 Å². The fraction of sp³-hybridized carbons (Fsp3) is 0.562. The van der Waals surface area contributed by atoms with Gasteiger partial charge >= 0.3 is 5.97 Å². The zero-order valence-electron chi connectivity index (χ0n) is 13.1. The van der Waals surface area contributed by atoms with Crippen LogP contribution in [0, 0.1) is 5.92 Å². The summed E-state index contributed by atoms with van der Waals surface area (Å²) < 4.78 is 4.61. The first-order valence-electron chi connectivity index (χ1n) is 7.76. The molecule has 0 aliphatic heterocycles. The Morgan fingerprint density at radius 1 is 1.39 bits per heavy atom. The van der Waals surface area contributed by atoms with E-state index < -0.39 is 29.1 Å². The van der Waals surface area contributed by atoms with E-state index in [4.69, 9.17) is 5.73 Å². The Balaban J connectivity index is 2.50. The zero-order chi connectivity index (χ0) is 17.0. The highest BCUT2D eigenvalue weighted by Gasteiger charge is 2.32. The quantitative estimate of drug-likeness (QED) is 0.707. The Morgan fingerprint density at radius 3 is 2.61 bits per heavy atom. The van der Waals surface area contributed by atoms with E-state index in [0.29, 0.717) is 0 Å². The minimum Gasteiger partial charge on any atom is -0.506 e. The number of ether oxygens (including phenoxy) is 1. The lowest BCUT2D eigenvalue weighted by molar-refractivity contribution is -0.118. The molecule has 7 nitrogen and oxygen atoms in total. The van der Waals surface area contributed by atoms with E-state index in [1.165, 1.54) is 7.11 Å². The Labute approximate surface area is 133 Å². The maximum Gasteiger partial charge on any atom is 0.343 e. The van der Waals surface area contributed by atoms with Gasteiger partial charge in [0.15, 0.2) is 0 Å². The number of carbonyl (C=O) groups is 2. The first kappa shape index (κ1) is 17.1. The molecule has 1 unspecified atom stereocenters. The Morgan fingerprint density at radius 2 is 2.04 bits per heavy atom. The van der Waals surface area contributed by atoms with Crippen LogP contribution in [0.15, 0.2) is 11.0 Å². The Kier molecular flexibility index (Phi) is 5.41. The number of aromatic nitrogens is 1. The second-order valence-corrected chi connectivity index (χ2v) is 5.96. The zero-order valence-corrected chi connectivity index (χ0v) is 13.1. The maximum atomic E-state index is 12.2. The molecule has 1 aliphatic carbocycles. The highest BCUT2D eigenvalue weighted by molar-refractivity contribution is 5.92. The van der Waals surface area contributed by atoms with Crippen LogP contribution in [0.4, 0.5) is 0 Å². The fourth-order valence-electron chi connectivity index (χ4n) is 3.40. The van der Waals surface area contributed by atoms with Crippen molar-refractivity contribution in [3.63, 3.8) is 0 Å². The molecule has 1 saturated carbocycles. The molecule has 23 heavy (non-hydrogen) atoms. The van der Waals surface area contributed by atoms with Crippen molar-refractivity contribution in [2.45, 2.75) is 44.4 Å². The number of amides is 1. The first-order valence-corrected chi connectivity index (χ1v) is 7.76. The van der Waals surface area contributed by atoms with Gasteiger partial charge < -0.3 is 20.6 Å².